The lowest BCUT2D eigenvalue weighted by Crippen LogP contribution is -2.30. The van der Waals surface area contributed by atoms with Crippen LogP contribution in [0, 0.1) is 0 Å². The second-order valence-corrected chi connectivity index (χ2v) is 29.4. The zero-order chi connectivity index (χ0) is 73.2. The van der Waals surface area contributed by atoms with Crippen LogP contribution in [0.5, 0.6) is 0 Å². The normalized spacial score (nSPS) is 14.4. The van der Waals surface area contributed by atoms with Crippen LogP contribution < -0.4 is 0 Å². The van der Waals surface area contributed by atoms with Gasteiger partial charge in [0.15, 0.2) is 12.2 Å². The number of carbonyl (C=O) groups excluding carboxylic acids is 3. The third kappa shape index (κ3) is 72.4. The molecular formula is C82H144O16P2. The first-order valence-corrected chi connectivity index (χ1v) is 42.6. The van der Waals surface area contributed by atoms with Crippen LogP contribution in [0.3, 0.4) is 0 Å². The molecular weight excluding hydrogens is 1300 g/mol. The summed E-state index contributed by atoms with van der Waals surface area (Å²) in [6.45, 7) is 9.25. The highest BCUT2D eigenvalue weighted by atomic mass is 31.2. The Morgan fingerprint density at radius 2 is 0.550 bits per heavy atom. The summed E-state index contributed by atoms with van der Waals surface area (Å²) < 4.78 is 69.4. The number of allylic oxidation sites excluding steroid dienone is 17. The highest BCUT2D eigenvalue weighted by Gasteiger charge is 2.30. The molecule has 578 valence electrons. The molecule has 18 heteroatoms. The van der Waals surface area contributed by atoms with Crippen LogP contribution in [-0.2, 0) is 60.6 Å². The molecule has 5 atom stereocenters. The lowest BCUT2D eigenvalue weighted by atomic mass is 10.1. The number of rotatable bonds is 75. The topological polar surface area (TPSA) is 220 Å². The number of aliphatic hydroxyl groups is 1. The summed E-state index contributed by atoms with van der Waals surface area (Å²) in [4.78, 5) is 60.1. The predicted octanol–water partition coefficient (Wildman–Crippen LogP) is 23.8. The Hall–Kier alpha value is -3.95. The Morgan fingerprint density at radius 1 is 0.310 bits per heavy atom. The number of phosphoric acid groups is 2. The van der Waals surface area contributed by atoms with Crippen molar-refractivity contribution in [2.45, 2.75) is 354 Å². The Labute approximate surface area is 609 Å². The molecule has 0 aromatic rings. The third-order valence-corrected chi connectivity index (χ3v) is 18.5. The van der Waals surface area contributed by atoms with Gasteiger partial charge in [0, 0.05) is 25.7 Å². The van der Waals surface area contributed by atoms with Gasteiger partial charge in [-0.25, -0.2) is 9.13 Å². The molecule has 0 spiro atoms. The number of hydrogen-bond donors (Lipinski definition) is 3. The standard InChI is InChI=1S/C82H144O16P2/c1-6-10-14-18-22-26-30-34-38-42-46-50-54-58-62-66-76(5)97-78(72-91-80(84)67-63-59-55-51-47-43-39-35-31-27-23-19-15-11-7-2)74-95-99(87,88)93-70-77(83)71-94-100(89,90)96-75-79(98-82(86)69-65-61-57-53-49-45-41-37-33-29-25-21-17-13-9-4)73-92-81(85)68-64-60-56-52-48-44-40-36-32-28-24-20-16-12-8-3/h22-29,34-41,77-79,83H,5-21,30-33,42-75H2,1-4H3,(H,87,88)(H,89,90)/b26-22+,27-23+,28-24+,29-25+,38-34+,39-35+,40-36+,41-37+. The van der Waals surface area contributed by atoms with Crippen molar-refractivity contribution in [1.82, 2.24) is 0 Å². The van der Waals surface area contributed by atoms with Crippen molar-refractivity contribution in [3.8, 4) is 0 Å². The molecule has 3 N–H and O–H groups in total. The molecule has 0 saturated carbocycles. The van der Waals surface area contributed by atoms with E-state index in [2.05, 4.69) is 131 Å². The predicted molar refractivity (Wildman–Crippen MR) is 413 cm³/mol. The molecule has 0 aromatic carbocycles. The summed E-state index contributed by atoms with van der Waals surface area (Å²) in [7, 11) is -9.86. The average Bonchev–Trinajstić information content (AvgIpc) is 0.954. The quantitative estimate of drug-likeness (QED) is 0.0129. The molecule has 0 aliphatic carbocycles. The van der Waals surface area contributed by atoms with Gasteiger partial charge in [-0.1, -0.05) is 260 Å². The molecule has 0 rings (SSSR count). The van der Waals surface area contributed by atoms with Crippen molar-refractivity contribution in [3.05, 3.63) is 110 Å². The number of esters is 3. The summed E-state index contributed by atoms with van der Waals surface area (Å²) in [5, 5.41) is 10.7. The van der Waals surface area contributed by atoms with E-state index in [4.69, 9.17) is 37.0 Å². The first-order valence-electron chi connectivity index (χ1n) is 39.6. The van der Waals surface area contributed by atoms with E-state index in [-0.39, 0.29) is 25.9 Å². The monoisotopic (exact) mass is 1450 g/mol. The molecule has 0 fully saturated rings. The fourth-order valence-electron chi connectivity index (χ4n) is 10.5. The van der Waals surface area contributed by atoms with Crippen molar-refractivity contribution >= 4 is 33.6 Å². The smallest absolute Gasteiger partial charge is 0.472 e. The molecule has 0 aromatic heterocycles. The third-order valence-electron chi connectivity index (χ3n) is 16.6. The zero-order valence-corrected chi connectivity index (χ0v) is 65.2. The molecule has 0 aliphatic heterocycles. The molecule has 0 bridgehead atoms. The summed E-state index contributed by atoms with van der Waals surface area (Å²) in [5.74, 6) is -1.12. The Bertz CT molecular complexity index is 2120. The molecule has 0 radical (unpaired) electrons. The maximum Gasteiger partial charge on any atom is 0.472 e. The summed E-state index contributed by atoms with van der Waals surface area (Å²) in [6.07, 6.45) is 78.8. The Balaban J connectivity index is 5.40. The van der Waals surface area contributed by atoms with E-state index in [1.807, 2.05) is 0 Å². The molecule has 0 saturated heterocycles. The fourth-order valence-corrected chi connectivity index (χ4v) is 12.1. The molecule has 100 heavy (non-hydrogen) atoms. The minimum Gasteiger partial charge on any atom is -0.489 e. The summed E-state index contributed by atoms with van der Waals surface area (Å²) in [5.41, 5.74) is 0. The van der Waals surface area contributed by atoms with E-state index >= 15 is 0 Å². The number of unbranched alkanes of at least 4 members (excludes halogenated alkanes) is 32. The molecule has 5 unspecified atom stereocenters. The lowest BCUT2D eigenvalue weighted by molar-refractivity contribution is -0.161. The highest BCUT2D eigenvalue weighted by molar-refractivity contribution is 7.47. The van der Waals surface area contributed by atoms with Crippen molar-refractivity contribution in [1.29, 1.82) is 0 Å². The largest absolute Gasteiger partial charge is 0.489 e. The van der Waals surface area contributed by atoms with Gasteiger partial charge in [0.05, 0.1) is 32.2 Å². The van der Waals surface area contributed by atoms with E-state index < -0.39 is 84.9 Å². The Morgan fingerprint density at radius 3 is 0.850 bits per heavy atom. The SMILES string of the molecule is C=C(CCCCCCC/C=C/C/C=C/CCCCC)OC(COC(=O)CCCCCCC/C=C/C/C=C/CCCCC)COP(=O)(O)OCC(O)COP(=O)(O)OCC(COC(=O)CCCCCCC/C=C/C/C=C/CCCCC)OC(=O)CCCCCCC/C=C/C/C=C/CCCCC. The van der Waals surface area contributed by atoms with Crippen LogP contribution >= 0.6 is 15.6 Å². The first kappa shape index (κ1) is 96.1. The molecule has 0 aliphatic rings. The first-order chi connectivity index (χ1) is 48.7. The average molecular weight is 1450 g/mol. The van der Waals surface area contributed by atoms with Gasteiger partial charge in [0.2, 0.25) is 0 Å². The van der Waals surface area contributed by atoms with Gasteiger partial charge in [-0.15, -0.1) is 0 Å². The summed E-state index contributed by atoms with van der Waals surface area (Å²) in [6, 6.07) is 0. The van der Waals surface area contributed by atoms with Crippen LogP contribution in [0.15, 0.2) is 110 Å². The van der Waals surface area contributed by atoms with Crippen LogP contribution in [0.4, 0.5) is 0 Å². The van der Waals surface area contributed by atoms with Crippen LogP contribution in [0.1, 0.15) is 336 Å². The maximum absolute atomic E-state index is 13.1. The fraction of sp³-hybridized carbons (Fsp3) is 0.744. The van der Waals surface area contributed by atoms with E-state index in [9.17, 15) is 38.4 Å². The van der Waals surface area contributed by atoms with Gasteiger partial charge >= 0.3 is 33.6 Å². The number of phosphoric ester groups is 2. The van der Waals surface area contributed by atoms with Gasteiger partial charge in [0.25, 0.3) is 0 Å². The van der Waals surface area contributed by atoms with Gasteiger partial charge in [0.1, 0.15) is 19.3 Å². The van der Waals surface area contributed by atoms with Gasteiger partial charge in [-0.3, -0.25) is 32.5 Å². The van der Waals surface area contributed by atoms with Crippen LogP contribution in [0.2, 0.25) is 0 Å². The second kappa shape index (κ2) is 73.4. The van der Waals surface area contributed by atoms with E-state index in [1.165, 1.54) is 77.0 Å². The maximum atomic E-state index is 13.1. The minimum atomic E-state index is -4.96. The van der Waals surface area contributed by atoms with Crippen molar-refractivity contribution < 1.29 is 75.4 Å². The van der Waals surface area contributed by atoms with Crippen molar-refractivity contribution in [2.75, 3.05) is 39.6 Å². The lowest BCUT2D eigenvalue weighted by Gasteiger charge is -2.22. The highest BCUT2D eigenvalue weighted by Crippen LogP contribution is 2.45. The van der Waals surface area contributed by atoms with Crippen LogP contribution in [-0.4, -0.2) is 90.8 Å². The number of carbonyl (C=O) groups is 3. The van der Waals surface area contributed by atoms with Crippen molar-refractivity contribution in [3.63, 3.8) is 0 Å². The van der Waals surface area contributed by atoms with Gasteiger partial charge in [-0.2, -0.15) is 0 Å². The number of ether oxygens (including phenoxy) is 4. The van der Waals surface area contributed by atoms with Crippen LogP contribution in [0.25, 0.3) is 0 Å². The van der Waals surface area contributed by atoms with Crippen molar-refractivity contribution in [2.24, 2.45) is 0 Å². The number of hydrogen-bond acceptors (Lipinski definition) is 14. The van der Waals surface area contributed by atoms with E-state index in [0.29, 0.717) is 31.4 Å². The second-order valence-electron chi connectivity index (χ2n) is 26.5. The van der Waals surface area contributed by atoms with E-state index in [1.54, 1.807) is 0 Å². The molecule has 0 amide bonds. The number of aliphatic hydroxyl groups excluding tert-OH is 1. The summed E-state index contributed by atoms with van der Waals surface area (Å²) >= 11 is 0. The molecule has 0 heterocycles. The minimum absolute atomic E-state index is 0.0867. The van der Waals surface area contributed by atoms with Gasteiger partial charge < -0.3 is 33.8 Å². The van der Waals surface area contributed by atoms with E-state index in [0.717, 1.165) is 186 Å². The Kier molecular flexibility index (Phi) is 70.5. The molecule has 16 nitrogen and oxygen atoms in total. The van der Waals surface area contributed by atoms with Gasteiger partial charge in [-0.05, 0) is 154 Å². The zero-order valence-electron chi connectivity index (χ0n) is 63.4.